The van der Waals surface area contributed by atoms with Crippen molar-refractivity contribution in [3.8, 4) is 11.5 Å². The van der Waals surface area contributed by atoms with Gasteiger partial charge in [-0.2, -0.15) is 4.72 Å². The molecule has 2 rings (SSSR count). The van der Waals surface area contributed by atoms with Gasteiger partial charge in [0, 0.05) is 12.8 Å². The first-order valence-corrected chi connectivity index (χ1v) is 18.3. The maximum atomic E-state index is 14.1. The molecule has 1 N–H and O–H groups in total. The van der Waals surface area contributed by atoms with Gasteiger partial charge in [-0.1, -0.05) is 64.5 Å². The minimum absolute atomic E-state index is 0.130. The van der Waals surface area contributed by atoms with Gasteiger partial charge in [-0.3, -0.25) is 0 Å². The van der Waals surface area contributed by atoms with E-state index >= 15 is 0 Å². The molecule has 0 aromatic heterocycles. The SMILES string of the molecule is C=CCC[C@H](CCC)S(=O)(=O)NC(Cc1ccc(OC)cc1)(Cc1ccc(OC)cc1)O[Si](C)(C)C(C)(C)C. The Morgan fingerprint density at radius 2 is 1.36 bits per heavy atom. The zero-order valence-corrected chi connectivity index (χ0v) is 27.0. The van der Waals surface area contributed by atoms with Gasteiger partial charge in [-0.05, 0) is 72.8 Å². The lowest BCUT2D eigenvalue weighted by Gasteiger charge is -2.46. The highest BCUT2D eigenvalue weighted by atomic mass is 32.2. The molecule has 6 nitrogen and oxygen atoms in total. The number of allylic oxidation sites excluding steroid dienone is 1. The lowest BCUT2D eigenvalue weighted by molar-refractivity contribution is 0.0415. The van der Waals surface area contributed by atoms with Crippen molar-refractivity contribution in [2.75, 3.05) is 14.2 Å². The van der Waals surface area contributed by atoms with Crippen molar-refractivity contribution in [3.63, 3.8) is 0 Å². The zero-order valence-electron chi connectivity index (χ0n) is 25.2. The molecule has 0 heterocycles. The topological polar surface area (TPSA) is 73.9 Å². The average molecular weight is 576 g/mol. The summed E-state index contributed by atoms with van der Waals surface area (Å²) in [7, 11) is -2.94. The third-order valence-electron chi connectivity index (χ3n) is 7.62. The van der Waals surface area contributed by atoms with Crippen LogP contribution >= 0.6 is 0 Å². The largest absolute Gasteiger partial charge is 0.497 e. The van der Waals surface area contributed by atoms with E-state index in [-0.39, 0.29) is 5.04 Å². The molecule has 2 aromatic rings. The van der Waals surface area contributed by atoms with Gasteiger partial charge in [0.2, 0.25) is 10.0 Å². The Kier molecular flexibility index (Phi) is 11.8. The Balaban J connectivity index is 2.69. The Morgan fingerprint density at radius 3 is 1.72 bits per heavy atom. The fourth-order valence-electron chi connectivity index (χ4n) is 4.44. The number of methoxy groups -OCH3 is 2. The standard InChI is InChI=1S/C31H49NO5SSi/c1-10-12-14-29(13-11-2)38(33,34)32-31(37-39(8,9)30(3,4)5,23-25-15-19-27(35-6)20-16-25)24-26-17-21-28(36-7)22-18-26/h10,15-22,29,32H,1,11-14,23-24H2,2-9H3/t29-/m0/s1. The minimum atomic E-state index is -3.75. The predicted molar refractivity (Wildman–Crippen MR) is 165 cm³/mol. The van der Waals surface area contributed by atoms with E-state index in [9.17, 15) is 8.42 Å². The highest BCUT2D eigenvalue weighted by Gasteiger charge is 2.47. The van der Waals surface area contributed by atoms with Gasteiger partial charge in [0.15, 0.2) is 8.32 Å². The molecule has 0 aliphatic carbocycles. The van der Waals surface area contributed by atoms with E-state index in [1.165, 1.54) is 0 Å². The quantitative estimate of drug-likeness (QED) is 0.130. The first-order chi connectivity index (χ1) is 18.2. The lowest BCUT2D eigenvalue weighted by Crippen LogP contribution is -2.61. The van der Waals surface area contributed by atoms with Gasteiger partial charge in [0.1, 0.15) is 17.2 Å². The molecule has 2 aromatic carbocycles. The first kappa shape index (κ1) is 33.1. The molecular weight excluding hydrogens is 526 g/mol. The third kappa shape index (κ3) is 9.48. The van der Waals surface area contributed by atoms with E-state index in [1.807, 2.05) is 55.5 Å². The summed E-state index contributed by atoms with van der Waals surface area (Å²) >= 11 is 0. The summed E-state index contributed by atoms with van der Waals surface area (Å²) in [6.45, 7) is 16.7. The van der Waals surface area contributed by atoms with Crippen molar-refractivity contribution < 1.29 is 22.3 Å². The van der Waals surface area contributed by atoms with Gasteiger partial charge in [0.25, 0.3) is 0 Å². The van der Waals surface area contributed by atoms with Crippen molar-refractivity contribution in [2.24, 2.45) is 0 Å². The van der Waals surface area contributed by atoms with Crippen LogP contribution in [0.1, 0.15) is 64.5 Å². The number of hydrogen-bond acceptors (Lipinski definition) is 5. The van der Waals surface area contributed by atoms with Crippen LogP contribution in [0.15, 0.2) is 61.2 Å². The summed E-state index contributed by atoms with van der Waals surface area (Å²) in [5, 5.41) is -0.663. The molecule has 0 saturated heterocycles. The molecule has 0 unspecified atom stereocenters. The number of ether oxygens (including phenoxy) is 2. The molecule has 0 radical (unpaired) electrons. The molecule has 0 bridgehead atoms. The van der Waals surface area contributed by atoms with Crippen molar-refractivity contribution in [1.29, 1.82) is 0 Å². The molecule has 0 aliphatic rings. The second-order valence-electron chi connectivity index (χ2n) is 11.8. The summed E-state index contributed by atoms with van der Waals surface area (Å²) < 4.78 is 49.3. The van der Waals surface area contributed by atoms with E-state index < -0.39 is 29.3 Å². The van der Waals surface area contributed by atoms with E-state index in [1.54, 1.807) is 20.3 Å². The Labute approximate surface area is 238 Å². The van der Waals surface area contributed by atoms with E-state index in [0.717, 1.165) is 29.0 Å². The van der Waals surface area contributed by atoms with E-state index in [0.29, 0.717) is 32.1 Å². The number of sulfonamides is 1. The third-order valence-corrected chi connectivity index (χ3v) is 14.1. The summed E-state index contributed by atoms with van der Waals surface area (Å²) in [6, 6.07) is 15.5. The van der Waals surface area contributed by atoms with Crippen LogP contribution < -0.4 is 14.2 Å². The molecule has 0 aliphatic heterocycles. The molecule has 1 atom stereocenters. The van der Waals surface area contributed by atoms with Crippen molar-refractivity contribution in [1.82, 2.24) is 4.72 Å². The van der Waals surface area contributed by atoms with Crippen molar-refractivity contribution in [2.45, 2.75) is 95.3 Å². The lowest BCUT2D eigenvalue weighted by atomic mass is 9.96. The van der Waals surface area contributed by atoms with Gasteiger partial charge in [0.05, 0.1) is 19.5 Å². The normalized spacial score (nSPS) is 13.6. The molecule has 0 amide bonds. The number of rotatable bonds is 16. The van der Waals surface area contributed by atoms with Crippen molar-refractivity contribution in [3.05, 3.63) is 72.3 Å². The van der Waals surface area contributed by atoms with Gasteiger partial charge >= 0.3 is 0 Å². The number of hydrogen-bond donors (Lipinski definition) is 1. The van der Waals surface area contributed by atoms with Crippen LogP contribution in [0, 0.1) is 0 Å². The molecule has 8 heteroatoms. The molecule has 39 heavy (non-hydrogen) atoms. The Morgan fingerprint density at radius 1 is 0.897 bits per heavy atom. The van der Waals surface area contributed by atoms with Crippen LogP contribution in [-0.4, -0.2) is 41.9 Å². The molecule has 0 fully saturated rings. The predicted octanol–water partition coefficient (Wildman–Crippen LogP) is 7.26. The van der Waals surface area contributed by atoms with E-state index in [4.69, 9.17) is 13.9 Å². The Bertz CT molecular complexity index is 1090. The van der Waals surface area contributed by atoms with Crippen LogP contribution in [0.2, 0.25) is 18.1 Å². The maximum Gasteiger partial charge on any atom is 0.216 e. The fourth-order valence-corrected chi connectivity index (χ4v) is 7.85. The minimum Gasteiger partial charge on any atom is -0.497 e. The summed E-state index contributed by atoms with van der Waals surface area (Å²) in [5.74, 6) is 1.50. The maximum absolute atomic E-state index is 14.1. The van der Waals surface area contributed by atoms with Crippen LogP contribution in [0.25, 0.3) is 0 Å². The average Bonchev–Trinajstić information content (AvgIpc) is 2.86. The summed E-state index contributed by atoms with van der Waals surface area (Å²) in [5.41, 5.74) is 0.735. The highest BCUT2D eigenvalue weighted by molar-refractivity contribution is 7.90. The molecule has 218 valence electrons. The second-order valence-corrected chi connectivity index (χ2v) is 18.5. The van der Waals surface area contributed by atoms with Gasteiger partial charge in [-0.15, -0.1) is 6.58 Å². The van der Waals surface area contributed by atoms with Crippen LogP contribution in [0.4, 0.5) is 0 Å². The summed E-state index contributed by atoms with van der Waals surface area (Å²) in [6.07, 6.45) is 5.03. The van der Waals surface area contributed by atoms with Crippen LogP contribution in [-0.2, 0) is 27.3 Å². The smallest absolute Gasteiger partial charge is 0.216 e. The monoisotopic (exact) mass is 575 g/mol. The molecule has 0 saturated carbocycles. The van der Waals surface area contributed by atoms with Crippen LogP contribution in [0.3, 0.4) is 0 Å². The first-order valence-electron chi connectivity index (χ1n) is 13.8. The second kappa shape index (κ2) is 14.0. The number of benzene rings is 2. The number of nitrogens with one attached hydrogen (secondary N) is 1. The van der Waals surface area contributed by atoms with Gasteiger partial charge in [-0.25, -0.2) is 8.42 Å². The fraction of sp³-hybridized carbons (Fsp3) is 0.548. The molecular formula is C31H49NO5SSi. The summed E-state index contributed by atoms with van der Waals surface area (Å²) in [4.78, 5) is 0. The van der Waals surface area contributed by atoms with Crippen LogP contribution in [0.5, 0.6) is 11.5 Å². The highest BCUT2D eigenvalue weighted by Crippen LogP contribution is 2.41. The zero-order chi connectivity index (χ0) is 29.3. The Hall–Kier alpha value is -2.13. The van der Waals surface area contributed by atoms with Crippen molar-refractivity contribution >= 4 is 18.3 Å². The van der Waals surface area contributed by atoms with E-state index in [2.05, 4.69) is 45.2 Å². The van der Waals surface area contributed by atoms with Gasteiger partial charge < -0.3 is 13.9 Å². The molecule has 0 spiro atoms.